The second-order valence-corrected chi connectivity index (χ2v) is 6.08. The van der Waals surface area contributed by atoms with E-state index in [1.54, 1.807) is 18.5 Å². The lowest BCUT2D eigenvalue weighted by Gasteiger charge is -1.99. The highest BCUT2D eigenvalue weighted by Crippen LogP contribution is 2.23. The van der Waals surface area contributed by atoms with E-state index in [9.17, 15) is 4.79 Å². The number of hydrogen-bond acceptors (Lipinski definition) is 9. The molecule has 0 saturated carbocycles. The summed E-state index contributed by atoms with van der Waals surface area (Å²) in [5.41, 5.74) is 2.15. The highest BCUT2D eigenvalue weighted by atomic mass is 32.2. The highest BCUT2D eigenvalue weighted by Gasteiger charge is 2.13. The van der Waals surface area contributed by atoms with Crippen LogP contribution in [0.3, 0.4) is 0 Å². The van der Waals surface area contributed by atoms with E-state index in [0.717, 1.165) is 22.8 Å². The van der Waals surface area contributed by atoms with Crippen LogP contribution in [0.15, 0.2) is 63.0 Å². The van der Waals surface area contributed by atoms with E-state index >= 15 is 0 Å². The quantitative estimate of drug-likeness (QED) is 0.375. The van der Waals surface area contributed by atoms with Crippen LogP contribution in [0, 0.1) is 0 Å². The van der Waals surface area contributed by atoms with Crippen LogP contribution in [0.1, 0.15) is 5.89 Å². The maximum absolute atomic E-state index is 11.9. The molecule has 0 bridgehead atoms. The Hall–Kier alpha value is -3.20. The Labute approximate surface area is 151 Å². The normalized spacial score (nSPS) is 10.9. The third-order valence-electron chi connectivity index (χ3n) is 3.33. The number of esters is 1. The van der Waals surface area contributed by atoms with E-state index in [1.165, 1.54) is 0 Å². The molecule has 4 aromatic rings. The average molecular weight is 368 g/mol. The fraction of sp³-hybridized carbons (Fsp3) is 0.118. The number of carbonyl (C=O) groups is 1. The number of benzene rings is 1. The molecule has 26 heavy (non-hydrogen) atoms. The lowest BCUT2D eigenvalue weighted by atomic mass is 10.3. The summed E-state index contributed by atoms with van der Waals surface area (Å²) in [7, 11) is 0. The highest BCUT2D eigenvalue weighted by molar-refractivity contribution is 7.99. The van der Waals surface area contributed by atoms with Gasteiger partial charge >= 0.3 is 5.97 Å². The van der Waals surface area contributed by atoms with Gasteiger partial charge in [0, 0.05) is 18.0 Å². The number of ether oxygens (including phenoxy) is 1. The second kappa shape index (κ2) is 7.36. The van der Waals surface area contributed by atoms with Crippen LogP contribution < -0.4 is 0 Å². The Kier molecular flexibility index (Phi) is 4.61. The van der Waals surface area contributed by atoms with Crippen molar-refractivity contribution in [3.63, 3.8) is 0 Å². The van der Waals surface area contributed by atoms with Crippen LogP contribution in [-0.2, 0) is 16.1 Å². The molecule has 0 saturated heterocycles. The van der Waals surface area contributed by atoms with E-state index in [2.05, 4.69) is 20.1 Å². The van der Waals surface area contributed by atoms with E-state index in [-0.39, 0.29) is 18.3 Å². The number of fused-ring (bicyclic) bond motifs is 1. The summed E-state index contributed by atoms with van der Waals surface area (Å²) < 4.78 is 15.7. The van der Waals surface area contributed by atoms with E-state index in [4.69, 9.17) is 13.7 Å². The van der Waals surface area contributed by atoms with Crippen molar-refractivity contribution in [1.82, 2.24) is 20.1 Å². The van der Waals surface area contributed by atoms with Crippen molar-refractivity contribution in [3.8, 4) is 11.4 Å². The molecule has 0 atom stereocenters. The Morgan fingerprint density at radius 2 is 2.08 bits per heavy atom. The Morgan fingerprint density at radius 3 is 2.92 bits per heavy atom. The van der Waals surface area contributed by atoms with Gasteiger partial charge in [-0.25, -0.2) is 4.98 Å². The summed E-state index contributed by atoms with van der Waals surface area (Å²) in [4.78, 5) is 24.3. The molecule has 0 unspecified atom stereocenters. The van der Waals surface area contributed by atoms with Crippen LogP contribution in [0.25, 0.3) is 22.5 Å². The minimum Gasteiger partial charge on any atom is -0.455 e. The number of oxazole rings is 1. The molecule has 0 aliphatic heterocycles. The molecule has 3 heterocycles. The number of aromatic nitrogens is 4. The van der Waals surface area contributed by atoms with E-state index < -0.39 is 5.97 Å². The molecule has 0 N–H and O–H groups in total. The first-order valence-electron chi connectivity index (χ1n) is 7.65. The molecular formula is C17H12N4O4S. The van der Waals surface area contributed by atoms with Crippen molar-refractivity contribution in [1.29, 1.82) is 0 Å². The van der Waals surface area contributed by atoms with Crippen LogP contribution in [0.2, 0.25) is 0 Å². The van der Waals surface area contributed by atoms with Gasteiger partial charge in [-0.05, 0) is 24.3 Å². The standard InChI is InChI=1S/C17H12N4O4S/c22-15(10-26-17-19-12-5-1-2-6-13(12)24-17)23-9-14-20-16(21-25-14)11-4-3-7-18-8-11/h1-8H,9-10H2. The molecule has 130 valence electrons. The lowest BCUT2D eigenvalue weighted by Crippen LogP contribution is -2.07. The Bertz CT molecular complexity index is 998. The van der Waals surface area contributed by atoms with Crippen molar-refractivity contribution in [2.45, 2.75) is 11.8 Å². The van der Waals surface area contributed by atoms with Gasteiger partial charge in [-0.15, -0.1) is 0 Å². The summed E-state index contributed by atoms with van der Waals surface area (Å²) in [6.45, 7) is -0.0970. The minimum absolute atomic E-state index is 0.0659. The molecule has 9 heteroatoms. The summed E-state index contributed by atoms with van der Waals surface area (Å²) in [5.74, 6) is 0.239. The van der Waals surface area contributed by atoms with Crippen molar-refractivity contribution in [2.75, 3.05) is 5.75 Å². The van der Waals surface area contributed by atoms with Crippen molar-refractivity contribution in [3.05, 3.63) is 54.7 Å². The molecule has 0 fully saturated rings. The number of para-hydroxylation sites is 2. The Balaban J connectivity index is 1.29. The van der Waals surface area contributed by atoms with E-state index in [1.807, 2.05) is 30.3 Å². The number of hydrogen-bond donors (Lipinski definition) is 0. The smallest absolute Gasteiger partial charge is 0.316 e. The van der Waals surface area contributed by atoms with Gasteiger partial charge in [0.25, 0.3) is 11.1 Å². The Morgan fingerprint density at radius 1 is 1.15 bits per heavy atom. The van der Waals surface area contributed by atoms with Crippen molar-refractivity contribution >= 4 is 28.8 Å². The summed E-state index contributed by atoms with van der Waals surface area (Å²) in [6.07, 6.45) is 3.28. The maximum Gasteiger partial charge on any atom is 0.316 e. The van der Waals surface area contributed by atoms with Gasteiger partial charge in [-0.3, -0.25) is 9.78 Å². The number of thioether (sulfide) groups is 1. The van der Waals surface area contributed by atoms with Crippen molar-refractivity contribution in [2.24, 2.45) is 0 Å². The molecule has 3 aromatic heterocycles. The fourth-order valence-electron chi connectivity index (χ4n) is 2.14. The topological polar surface area (TPSA) is 104 Å². The molecule has 0 spiro atoms. The van der Waals surface area contributed by atoms with Gasteiger partial charge < -0.3 is 13.7 Å². The van der Waals surface area contributed by atoms with E-state index in [0.29, 0.717) is 16.6 Å². The number of rotatable bonds is 6. The minimum atomic E-state index is -0.432. The van der Waals surface area contributed by atoms with Gasteiger partial charge in [-0.2, -0.15) is 4.98 Å². The van der Waals surface area contributed by atoms with Gasteiger partial charge in [0.1, 0.15) is 11.3 Å². The second-order valence-electron chi connectivity index (χ2n) is 5.15. The SMILES string of the molecule is O=C(CSc1nc2ccccc2o1)OCc1nc(-c2cccnc2)no1. The summed E-state index contributed by atoms with van der Waals surface area (Å²) in [5, 5.41) is 4.25. The van der Waals surface area contributed by atoms with Crippen molar-refractivity contribution < 1.29 is 18.5 Å². The molecule has 0 aliphatic rings. The zero-order valence-electron chi connectivity index (χ0n) is 13.4. The lowest BCUT2D eigenvalue weighted by molar-refractivity contribution is -0.142. The predicted molar refractivity (Wildman–Crippen MR) is 92.1 cm³/mol. The first-order valence-corrected chi connectivity index (χ1v) is 8.63. The van der Waals surface area contributed by atoms with Gasteiger partial charge in [-0.1, -0.05) is 29.1 Å². The molecular weight excluding hydrogens is 356 g/mol. The molecule has 8 nitrogen and oxygen atoms in total. The number of carbonyl (C=O) groups excluding carboxylic acids is 1. The van der Waals surface area contributed by atoms with Crippen LogP contribution >= 0.6 is 11.8 Å². The predicted octanol–water partition coefficient (Wildman–Crippen LogP) is 3.11. The first-order chi connectivity index (χ1) is 12.8. The largest absolute Gasteiger partial charge is 0.455 e. The summed E-state index contributed by atoms with van der Waals surface area (Å²) in [6, 6.07) is 11.0. The van der Waals surface area contributed by atoms with Crippen LogP contribution in [-0.4, -0.2) is 31.8 Å². The number of nitrogens with zero attached hydrogens (tertiary/aromatic N) is 4. The molecule has 0 radical (unpaired) electrons. The number of pyridine rings is 1. The van der Waals surface area contributed by atoms with Gasteiger partial charge in [0.15, 0.2) is 12.2 Å². The third-order valence-corrected chi connectivity index (χ3v) is 4.13. The van der Waals surface area contributed by atoms with Gasteiger partial charge in [0.05, 0.1) is 0 Å². The molecule has 0 amide bonds. The molecule has 1 aromatic carbocycles. The zero-order chi connectivity index (χ0) is 17.8. The fourth-order valence-corrected chi connectivity index (χ4v) is 2.78. The summed E-state index contributed by atoms with van der Waals surface area (Å²) >= 11 is 1.16. The van der Waals surface area contributed by atoms with Crippen LogP contribution in [0.4, 0.5) is 0 Å². The zero-order valence-corrected chi connectivity index (χ0v) is 14.2. The first kappa shape index (κ1) is 16.3. The monoisotopic (exact) mass is 368 g/mol. The molecule has 4 rings (SSSR count). The average Bonchev–Trinajstić information content (AvgIpc) is 3.32. The molecule has 0 aliphatic carbocycles. The maximum atomic E-state index is 11.9. The third kappa shape index (κ3) is 3.72. The van der Waals surface area contributed by atoms with Gasteiger partial charge in [0.2, 0.25) is 5.82 Å². The van der Waals surface area contributed by atoms with Crippen LogP contribution in [0.5, 0.6) is 0 Å².